The number of hydrogen-bond donors (Lipinski definition) is 0. The maximum atomic E-state index is 13.7. The Labute approximate surface area is 200 Å². The summed E-state index contributed by atoms with van der Waals surface area (Å²) in [4.78, 5) is 13.0. The van der Waals surface area contributed by atoms with Crippen molar-refractivity contribution in [2.24, 2.45) is 5.41 Å². The molecule has 0 N–H and O–H groups in total. The first-order valence-corrected chi connectivity index (χ1v) is 12.4. The molecule has 6 heteroatoms. The van der Waals surface area contributed by atoms with E-state index in [1.807, 2.05) is 32.9 Å². The molecule has 0 unspecified atom stereocenters. The zero-order valence-electron chi connectivity index (χ0n) is 18.7. The van der Waals surface area contributed by atoms with Crippen LogP contribution in [0.15, 0.2) is 42.6 Å². The van der Waals surface area contributed by atoms with Crippen molar-refractivity contribution in [3.8, 4) is 5.69 Å². The number of carbonyl (C=O) groups is 1. The number of aromatic nitrogens is 3. The molecule has 166 valence electrons. The van der Waals surface area contributed by atoms with Gasteiger partial charge in [-0.1, -0.05) is 40.0 Å². The highest BCUT2D eigenvalue weighted by Gasteiger charge is 2.28. The summed E-state index contributed by atoms with van der Waals surface area (Å²) in [5, 5.41) is 6.48. The van der Waals surface area contributed by atoms with Gasteiger partial charge in [-0.25, -0.2) is 4.39 Å². The number of carbonyl (C=O) groups excluding carboxylic acids is 1. The lowest BCUT2D eigenvalue weighted by molar-refractivity contribution is 0.0755. The second kappa shape index (κ2) is 7.97. The molecule has 0 bridgehead atoms. The van der Waals surface area contributed by atoms with Gasteiger partial charge in [-0.15, -0.1) is 0 Å². The van der Waals surface area contributed by atoms with Crippen LogP contribution in [-0.2, 0) is 0 Å². The molecule has 0 radical (unpaired) electrons. The molecule has 4 nitrogen and oxygen atoms in total. The van der Waals surface area contributed by atoms with Gasteiger partial charge in [-0.05, 0) is 71.8 Å². The largest absolute Gasteiger partial charge is 0.312 e. The first-order valence-electron chi connectivity index (χ1n) is 11.3. The molecular formula is C26H27FIN3O. The fourth-order valence-corrected chi connectivity index (χ4v) is 5.99. The van der Waals surface area contributed by atoms with Crippen LogP contribution in [0.3, 0.4) is 0 Å². The second-order valence-electron chi connectivity index (χ2n) is 9.89. The van der Waals surface area contributed by atoms with Crippen LogP contribution in [0.4, 0.5) is 4.39 Å². The van der Waals surface area contributed by atoms with Gasteiger partial charge in [-0.3, -0.25) is 4.79 Å². The van der Waals surface area contributed by atoms with E-state index in [0.29, 0.717) is 5.92 Å². The monoisotopic (exact) mass is 543 g/mol. The molecule has 2 heterocycles. The van der Waals surface area contributed by atoms with Gasteiger partial charge in [0, 0.05) is 37.1 Å². The summed E-state index contributed by atoms with van der Waals surface area (Å²) < 4.78 is 18.8. The first-order chi connectivity index (χ1) is 15.3. The predicted molar refractivity (Wildman–Crippen MR) is 135 cm³/mol. The third kappa shape index (κ3) is 3.56. The van der Waals surface area contributed by atoms with E-state index >= 15 is 0 Å². The minimum Gasteiger partial charge on any atom is -0.312 e. The summed E-state index contributed by atoms with van der Waals surface area (Å²) in [6.45, 7) is 5.74. The smallest absolute Gasteiger partial charge is 0.252 e. The van der Waals surface area contributed by atoms with Gasteiger partial charge in [0.25, 0.3) is 5.91 Å². The maximum absolute atomic E-state index is 13.7. The maximum Gasteiger partial charge on any atom is 0.252 e. The molecule has 0 amide bonds. The van der Waals surface area contributed by atoms with Gasteiger partial charge >= 0.3 is 0 Å². The quantitative estimate of drug-likeness (QED) is 0.246. The standard InChI is InChI=1S/C26H27FIN3O/c1-26(2,3)25(32)31-21-14-20-22(13-17(21)15-29-31)30(19-11-9-18(27)10-12-19)24(23(20)28)16-7-5-4-6-8-16/h9-16H,4-8H2,1-3H3. The molecule has 32 heavy (non-hydrogen) atoms. The average molecular weight is 543 g/mol. The number of halogens is 2. The van der Waals surface area contributed by atoms with E-state index in [1.54, 1.807) is 10.9 Å². The van der Waals surface area contributed by atoms with Gasteiger partial charge in [0.2, 0.25) is 0 Å². The van der Waals surface area contributed by atoms with Crippen LogP contribution in [0.25, 0.3) is 27.5 Å². The Bertz CT molecular complexity index is 1320. The van der Waals surface area contributed by atoms with E-state index < -0.39 is 5.41 Å². The summed E-state index contributed by atoms with van der Waals surface area (Å²) >= 11 is 2.46. The minimum atomic E-state index is -0.519. The summed E-state index contributed by atoms with van der Waals surface area (Å²) in [5.74, 6) is 0.222. The molecule has 1 fully saturated rings. The fourth-order valence-electron chi connectivity index (χ4n) is 4.87. The van der Waals surface area contributed by atoms with E-state index in [1.165, 1.54) is 53.5 Å². The highest BCUT2D eigenvalue weighted by Crippen LogP contribution is 2.42. The Balaban J connectivity index is 1.79. The molecule has 5 rings (SSSR count). The molecule has 0 spiro atoms. The molecule has 0 saturated heterocycles. The molecule has 0 aliphatic heterocycles. The lowest BCUT2D eigenvalue weighted by atomic mass is 9.87. The first kappa shape index (κ1) is 21.6. The zero-order chi connectivity index (χ0) is 22.6. The van der Waals surface area contributed by atoms with Crippen LogP contribution < -0.4 is 0 Å². The number of hydrogen-bond acceptors (Lipinski definition) is 2. The Morgan fingerprint density at radius 3 is 2.41 bits per heavy atom. The van der Waals surface area contributed by atoms with Crippen LogP contribution in [0, 0.1) is 14.8 Å². The molecule has 4 aromatic rings. The van der Waals surface area contributed by atoms with Crippen LogP contribution in [0.5, 0.6) is 0 Å². The molecule has 2 aromatic carbocycles. The van der Waals surface area contributed by atoms with Crippen LogP contribution in [0.1, 0.15) is 69.3 Å². The summed E-state index contributed by atoms with van der Waals surface area (Å²) in [6, 6.07) is 11.0. The molecule has 0 atom stereocenters. The van der Waals surface area contributed by atoms with E-state index in [0.717, 1.165) is 27.5 Å². The third-order valence-corrected chi connectivity index (χ3v) is 7.67. The van der Waals surface area contributed by atoms with Gasteiger partial charge in [0.15, 0.2) is 0 Å². The van der Waals surface area contributed by atoms with E-state index in [2.05, 4.69) is 44.4 Å². The van der Waals surface area contributed by atoms with Crippen molar-refractivity contribution in [1.82, 2.24) is 14.3 Å². The summed E-state index contributed by atoms with van der Waals surface area (Å²) in [5.41, 5.74) is 3.67. The Hall–Kier alpha value is -2.22. The number of nitrogens with zero attached hydrogens (tertiary/aromatic N) is 3. The van der Waals surface area contributed by atoms with Gasteiger partial charge in [0.1, 0.15) is 5.82 Å². The van der Waals surface area contributed by atoms with Crippen LogP contribution in [-0.4, -0.2) is 20.3 Å². The zero-order valence-corrected chi connectivity index (χ0v) is 20.8. The molecule has 1 aliphatic rings. The Morgan fingerprint density at radius 1 is 1.06 bits per heavy atom. The average Bonchev–Trinajstić information content (AvgIpc) is 3.31. The van der Waals surface area contributed by atoms with Crippen molar-refractivity contribution in [2.45, 2.75) is 58.8 Å². The molecular weight excluding hydrogens is 516 g/mol. The van der Waals surface area contributed by atoms with E-state index in [9.17, 15) is 9.18 Å². The highest BCUT2D eigenvalue weighted by atomic mass is 127. The summed E-state index contributed by atoms with van der Waals surface area (Å²) in [7, 11) is 0. The minimum absolute atomic E-state index is 0.0210. The highest BCUT2D eigenvalue weighted by molar-refractivity contribution is 14.1. The predicted octanol–water partition coefficient (Wildman–Crippen LogP) is 7.46. The SMILES string of the molecule is CC(C)(C)C(=O)n1ncc2cc3c(cc21)c(I)c(C1CCCCC1)n3-c1ccc(F)cc1. The lowest BCUT2D eigenvalue weighted by Gasteiger charge is -2.24. The number of rotatable bonds is 2. The Kier molecular flexibility index (Phi) is 5.39. The van der Waals surface area contributed by atoms with Gasteiger partial charge in [-0.2, -0.15) is 9.78 Å². The van der Waals surface area contributed by atoms with Crippen LogP contribution >= 0.6 is 22.6 Å². The second-order valence-corrected chi connectivity index (χ2v) is 11.0. The van der Waals surface area contributed by atoms with Crippen molar-refractivity contribution in [3.05, 3.63) is 57.7 Å². The van der Waals surface area contributed by atoms with Crippen molar-refractivity contribution >= 4 is 50.3 Å². The Morgan fingerprint density at radius 2 is 1.75 bits per heavy atom. The third-order valence-electron chi connectivity index (χ3n) is 6.54. The molecule has 1 saturated carbocycles. The van der Waals surface area contributed by atoms with Crippen molar-refractivity contribution in [3.63, 3.8) is 0 Å². The molecule has 1 aliphatic carbocycles. The van der Waals surface area contributed by atoms with Crippen molar-refractivity contribution < 1.29 is 9.18 Å². The van der Waals surface area contributed by atoms with Gasteiger partial charge < -0.3 is 4.57 Å². The van der Waals surface area contributed by atoms with Crippen molar-refractivity contribution in [2.75, 3.05) is 0 Å². The van der Waals surface area contributed by atoms with E-state index in [-0.39, 0.29) is 11.7 Å². The van der Waals surface area contributed by atoms with Crippen LogP contribution in [0.2, 0.25) is 0 Å². The number of benzene rings is 2. The topological polar surface area (TPSA) is 39.8 Å². The number of fused-ring (bicyclic) bond motifs is 2. The molecule has 2 aromatic heterocycles. The van der Waals surface area contributed by atoms with Crippen molar-refractivity contribution in [1.29, 1.82) is 0 Å². The van der Waals surface area contributed by atoms with E-state index in [4.69, 9.17) is 0 Å². The lowest BCUT2D eigenvalue weighted by Crippen LogP contribution is -2.27. The van der Waals surface area contributed by atoms with Gasteiger partial charge in [0.05, 0.1) is 17.2 Å². The normalized spacial score (nSPS) is 15.7. The summed E-state index contributed by atoms with van der Waals surface area (Å²) in [6.07, 6.45) is 7.88. The fraction of sp³-hybridized carbons (Fsp3) is 0.385.